The molecular weight excluding hydrogens is 338 g/mol. The molecule has 3 aromatic rings. The Balaban J connectivity index is 1.41. The van der Waals surface area contributed by atoms with Crippen LogP contribution >= 0.6 is 0 Å². The maximum atomic E-state index is 12.4. The Morgan fingerprint density at radius 3 is 2.81 bits per heavy atom. The first kappa shape index (κ1) is 17.4. The van der Waals surface area contributed by atoms with E-state index < -0.39 is 0 Å². The molecule has 0 bridgehead atoms. The van der Waals surface area contributed by atoms with Crippen LogP contribution in [0.25, 0.3) is 11.4 Å². The number of carbonyl (C=O) groups is 1. The summed E-state index contributed by atoms with van der Waals surface area (Å²) in [7, 11) is 0. The fourth-order valence-corrected chi connectivity index (χ4v) is 3.60. The quantitative estimate of drug-likeness (QED) is 0.758. The third-order valence-corrected chi connectivity index (χ3v) is 4.94. The van der Waals surface area contributed by atoms with Gasteiger partial charge >= 0.3 is 0 Å². The van der Waals surface area contributed by atoms with E-state index >= 15 is 0 Å². The van der Waals surface area contributed by atoms with Crippen LogP contribution in [0, 0.1) is 6.92 Å². The normalized spacial score (nSPS) is 13.2. The SMILES string of the molecule is Cc1nc(CNC(=O)Cn2ccnc2-c2ccccc2)nc2c1CCCC2. The van der Waals surface area contributed by atoms with Gasteiger partial charge in [0.25, 0.3) is 0 Å². The summed E-state index contributed by atoms with van der Waals surface area (Å²) < 4.78 is 1.85. The summed E-state index contributed by atoms with van der Waals surface area (Å²) in [4.78, 5) is 26.0. The van der Waals surface area contributed by atoms with Gasteiger partial charge in [-0.1, -0.05) is 30.3 Å². The van der Waals surface area contributed by atoms with Crippen LogP contribution in [0.2, 0.25) is 0 Å². The lowest BCUT2D eigenvalue weighted by molar-refractivity contribution is -0.121. The number of aromatic nitrogens is 4. The van der Waals surface area contributed by atoms with Gasteiger partial charge in [0, 0.05) is 29.3 Å². The van der Waals surface area contributed by atoms with E-state index in [0.29, 0.717) is 12.4 Å². The summed E-state index contributed by atoms with van der Waals surface area (Å²) in [6.07, 6.45) is 8.00. The van der Waals surface area contributed by atoms with Gasteiger partial charge in [0.15, 0.2) is 0 Å². The molecule has 1 aliphatic carbocycles. The third-order valence-electron chi connectivity index (χ3n) is 4.94. The van der Waals surface area contributed by atoms with E-state index in [2.05, 4.69) is 20.3 Å². The zero-order chi connectivity index (χ0) is 18.6. The molecule has 0 radical (unpaired) electrons. The molecule has 1 N–H and O–H groups in total. The van der Waals surface area contributed by atoms with Gasteiger partial charge in [-0.2, -0.15) is 0 Å². The number of amides is 1. The van der Waals surface area contributed by atoms with Crippen molar-refractivity contribution in [3.63, 3.8) is 0 Å². The number of benzene rings is 1. The van der Waals surface area contributed by atoms with Gasteiger partial charge in [0.2, 0.25) is 5.91 Å². The van der Waals surface area contributed by atoms with Crippen molar-refractivity contribution in [3.8, 4) is 11.4 Å². The van der Waals surface area contributed by atoms with E-state index in [1.165, 1.54) is 18.4 Å². The molecule has 0 fully saturated rings. The highest BCUT2D eigenvalue weighted by Crippen LogP contribution is 2.21. The van der Waals surface area contributed by atoms with E-state index in [1.807, 2.05) is 48.0 Å². The highest BCUT2D eigenvalue weighted by Gasteiger charge is 2.16. The minimum Gasteiger partial charge on any atom is -0.347 e. The van der Waals surface area contributed by atoms with Crippen LogP contribution in [0.4, 0.5) is 0 Å². The van der Waals surface area contributed by atoms with E-state index in [0.717, 1.165) is 35.6 Å². The van der Waals surface area contributed by atoms with Gasteiger partial charge in [0.05, 0.1) is 6.54 Å². The molecule has 0 spiro atoms. The number of hydrogen-bond donors (Lipinski definition) is 1. The van der Waals surface area contributed by atoms with Crippen molar-refractivity contribution in [2.75, 3.05) is 0 Å². The Bertz CT molecular complexity index is 948. The first-order chi connectivity index (χ1) is 13.2. The van der Waals surface area contributed by atoms with Crippen LogP contribution in [0.3, 0.4) is 0 Å². The molecule has 0 saturated carbocycles. The number of fused-ring (bicyclic) bond motifs is 1. The molecule has 1 aliphatic rings. The number of nitrogens with one attached hydrogen (secondary N) is 1. The van der Waals surface area contributed by atoms with Gasteiger partial charge in [-0.15, -0.1) is 0 Å². The van der Waals surface area contributed by atoms with Crippen LogP contribution in [0.1, 0.15) is 35.6 Å². The third kappa shape index (κ3) is 3.89. The Hall–Kier alpha value is -3.02. The van der Waals surface area contributed by atoms with Crippen molar-refractivity contribution in [2.24, 2.45) is 0 Å². The second-order valence-electron chi connectivity index (χ2n) is 6.88. The minimum atomic E-state index is -0.0795. The number of hydrogen-bond acceptors (Lipinski definition) is 4. The predicted octanol–water partition coefficient (Wildman–Crippen LogP) is 2.84. The van der Waals surface area contributed by atoms with Crippen LogP contribution in [0.5, 0.6) is 0 Å². The van der Waals surface area contributed by atoms with Gasteiger partial charge in [-0.05, 0) is 38.2 Å². The average molecular weight is 361 g/mol. The molecular formula is C21H23N5O. The Morgan fingerprint density at radius 1 is 1.15 bits per heavy atom. The van der Waals surface area contributed by atoms with Gasteiger partial charge < -0.3 is 9.88 Å². The van der Waals surface area contributed by atoms with Crippen LogP contribution in [-0.2, 0) is 30.7 Å². The van der Waals surface area contributed by atoms with Crippen LogP contribution in [-0.4, -0.2) is 25.4 Å². The maximum Gasteiger partial charge on any atom is 0.240 e. The largest absolute Gasteiger partial charge is 0.347 e. The van der Waals surface area contributed by atoms with Gasteiger partial charge in [0.1, 0.15) is 18.2 Å². The number of rotatable bonds is 5. The molecule has 0 aliphatic heterocycles. The van der Waals surface area contributed by atoms with Crippen LogP contribution in [0.15, 0.2) is 42.7 Å². The molecule has 2 aromatic heterocycles. The maximum absolute atomic E-state index is 12.4. The summed E-state index contributed by atoms with van der Waals surface area (Å²) in [5, 5.41) is 2.94. The number of aryl methyl sites for hydroxylation is 2. The van der Waals surface area contributed by atoms with Crippen molar-refractivity contribution >= 4 is 5.91 Å². The van der Waals surface area contributed by atoms with Crippen molar-refractivity contribution in [1.82, 2.24) is 24.8 Å². The summed E-state index contributed by atoms with van der Waals surface area (Å²) in [6, 6.07) is 9.86. The molecule has 6 heteroatoms. The number of carbonyl (C=O) groups excluding carboxylic acids is 1. The topological polar surface area (TPSA) is 72.7 Å². The second-order valence-corrected chi connectivity index (χ2v) is 6.88. The summed E-state index contributed by atoms with van der Waals surface area (Å²) >= 11 is 0. The summed E-state index contributed by atoms with van der Waals surface area (Å²) in [5.41, 5.74) is 4.48. The Labute approximate surface area is 158 Å². The summed E-state index contributed by atoms with van der Waals surface area (Å²) in [5.74, 6) is 1.39. The predicted molar refractivity (Wildman–Crippen MR) is 103 cm³/mol. The van der Waals surface area contributed by atoms with E-state index in [4.69, 9.17) is 0 Å². The molecule has 0 atom stereocenters. The Morgan fingerprint density at radius 2 is 1.96 bits per heavy atom. The van der Waals surface area contributed by atoms with Crippen molar-refractivity contribution in [1.29, 1.82) is 0 Å². The standard InChI is InChI=1S/C21H23N5O/c1-15-17-9-5-6-10-18(17)25-19(24-15)13-23-20(27)14-26-12-11-22-21(26)16-7-3-2-4-8-16/h2-4,7-8,11-12H,5-6,9-10,13-14H2,1H3,(H,23,27). The molecule has 0 saturated heterocycles. The molecule has 27 heavy (non-hydrogen) atoms. The molecule has 138 valence electrons. The first-order valence-electron chi connectivity index (χ1n) is 9.39. The molecule has 4 rings (SSSR count). The average Bonchev–Trinajstić information content (AvgIpc) is 3.15. The second kappa shape index (κ2) is 7.70. The highest BCUT2D eigenvalue weighted by atomic mass is 16.1. The molecule has 1 aromatic carbocycles. The smallest absolute Gasteiger partial charge is 0.240 e. The molecule has 0 unspecified atom stereocenters. The molecule has 2 heterocycles. The monoisotopic (exact) mass is 361 g/mol. The fraction of sp³-hybridized carbons (Fsp3) is 0.333. The van der Waals surface area contributed by atoms with Crippen molar-refractivity contribution < 1.29 is 4.79 Å². The van der Waals surface area contributed by atoms with Gasteiger partial charge in [-0.25, -0.2) is 15.0 Å². The number of imidazole rings is 1. The zero-order valence-corrected chi connectivity index (χ0v) is 15.5. The minimum absolute atomic E-state index is 0.0795. The lowest BCUT2D eigenvalue weighted by atomic mass is 9.95. The van der Waals surface area contributed by atoms with E-state index in [9.17, 15) is 4.79 Å². The Kier molecular flexibility index (Phi) is 4.96. The van der Waals surface area contributed by atoms with Crippen molar-refractivity contribution in [2.45, 2.75) is 45.7 Å². The van der Waals surface area contributed by atoms with E-state index in [1.54, 1.807) is 6.20 Å². The fourth-order valence-electron chi connectivity index (χ4n) is 3.60. The lowest BCUT2D eigenvalue weighted by Crippen LogP contribution is -2.28. The molecule has 6 nitrogen and oxygen atoms in total. The van der Waals surface area contributed by atoms with Crippen LogP contribution < -0.4 is 5.32 Å². The first-order valence-corrected chi connectivity index (χ1v) is 9.39. The number of nitrogens with zero attached hydrogens (tertiary/aromatic N) is 4. The zero-order valence-electron chi connectivity index (χ0n) is 15.5. The van der Waals surface area contributed by atoms with Crippen molar-refractivity contribution in [3.05, 3.63) is 65.5 Å². The summed E-state index contributed by atoms with van der Waals surface area (Å²) in [6.45, 7) is 2.60. The van der Waals surface area contributed by atoms with Gasteiger partial charge in [-0.3, -0.25) is 4.79 Å². The van der Waals surface area contributed by atoms with E-state index in [-0.39, 0.29) is 12.5 Å². The lowest BCUT2D eigenvalue weighted by Gasteiger charge is -2.17. The highest BCUT2D eigenvalue weighted by molar-refractivity contribution is 5.76. The molecule has 1 amide bonds.